The van der Waals surface area contributed by atoms with Crippen molar-refractivity contribution in [2.75, 3.05) is 23.7 Å². The smallest absolute Gasteiger partial charge is 0.131 e. The van der Waals surface area contributed by atoms with E-state index in [1.165, 1.54) is 50.5 Å². The van der Waals surface area contributed by atoms with E-state index in [0.717, 1.165) is 24.6 Å². The Morgan fingerprint density at radius 2 is 1.79 bits per heavy atom. The zero-order valence-electron chi connectivity index (χ0n) is 12.0. The van der Waals surface area contributed by atoms with E-state index < -0.39 is 0 Å². The Kier molecular flexibility index (Phi) is 3.38. The summed E-state index contributed by atoms with van der Waals surface area (Å²) in [5.74, 6) is 1.14. The lowest BCUT2D eigenvalue weighted by molar-refractivity contribution is 0.144. The fourth-order valence-corrected chi connectivity index (χ4v) is 3.92. The maximum atomic E-state index is 5.79. The molecule has 2 heterocycles. The van der Waals surface area contributed by atoms with Crippen LogP contribution in [0.2, 0.25) is 0 Å². The molecular weight excluding hydrogens is 234 g/mol. The van der Waals surface area contributed by atoms with Gasteiger partial charge in [0.15, 0.2) is 0 Å². The molecule has 0 atom stereocenters. The minimum absolute atomic E-state index is 0.663. The number of aryl methyl sites for hydroxylation is 1. The van der Waals surface area contributed by atoms with Crippen LogP contribution < -0.4 is 10.6 Å². The van der Waals surface area contributed by atoms with Crippen LogP contribution >= 0.6 is 0 Å². The van der Waals surface area contributed by atoms with Gasteiger partial charge in [-0.3, -0.25) is 0 Å². The summed E-state index contributed by atoms with van der Waals surface area (Å²) in [6, 6.07) is 2.04. The SMILES string of the molecule is Cc1cc(N)cnc1N1CCC2(CCCCC2)CC1. The number of rotatable bonds is 1. The second kappa shape index (κ2) is 5.03. The second-order valence-corrected chi connectivity index (χ2v) is 6.46. The summed E-state index contributed by atoms with van der Waals surface area (Å²) < 4.78 is 0. The molecule has 2 fully saturated rings. The molecule has 0 amide bonds. The average Bonchev–Trinajstić information content (AvgIpc) is 2.41. The quantitative estimate of drug-likeness (QED) is 0.839. The van der Waals surface area contributed by atoms with Crippen LogP contribution in [0.1, 0.15) is 50.5 Å². The van der Waals surface area contributed by atoms with Crippen molar-refractivity contribution in [3.8, 4) is 0 Å². The number of piperidine rings is 1. The first kappa shape index (κ1) is 12.8. The van der Waals surface area contributed by atoms with Gasteiger partial charge in [-0.2, -0.15) is 0 Å². The molecule has 1 aromatic rings. The number of hydrogen-bond acceptors (Lipinski definition) is 3. The predicted octanol–water partition coefficient (Wildman–Crippen LogP) is 3.52. The normalized spacial score (nSPS) is 22.7. The number of nitrogens with zero attached hydrogens (tertiary/aromatic N) is 2. The molecule has 0 unspecified atom stereocenters. The van der Waals surface area contributed by atoms with E-state index in [0.29, 0.717) is 5.41 Å². The van der Waals surface area contributed by atoms with E-state index in [2.05, 4.69) is 16.8 Å². The van der Waals surface area contributed by atoms with Crippen molar-refractivity contribution in [2.24, 2.45) is 5.41 Å². The number of anilines is 2. The van der Waals surface area contributed by atoms with E-state index in [1.807, 2.05) is 6.07 Å². The summed E-state index contributed by atoms with van der Waals surface area (Å²) in [5.41, 5.74) is 8.42. The number of hydrogen-bond donors (Lipinski definition) is 1. The van der Waals surface area contributed by atoms with E-state index in [9.17, 15) is 0 Å². The van der Waals surface area contributed by atoms with Crippen molar-refractivity contribution in [1.82, 2.24) is 4.98 Å². The van der Waals surface area contributed by atoms with Crippen LogP contribution in [0.15, 0.2) is 12.3 Å². The third-order valence-electron chi connectivity index (χ3n) is 5.11. The van der Waals surface area contributed by atoms with Crippen LogP contribution in [0.5, 0.6) is 0 Å². The maximum absolute atomic E-state index is 5.79. The molecule has 3 rings (SSSR count). The summed E-state index contributed by atoms with van der Waals surface area (Å²) in [7, 11) is 0. The molecule has 0 aromatic carbocycles. The zero-order valence-corrected chi connectivity index (χ0v) is 12.0. The maximum Gasteiger partial charge on any atom is 0.131 e. The molecule has 1 spiro atoms. The number of nitrogens with two attached hydrogens (primary N) is 1. The van der Waals surface area contributed by atoms with Gasteiger partial charge in [-0.05, 0) is 49.7 Å². The summed E-state index contributed by atoms with van der Waals surface area (Å²) in [5, 5.41) is 0. The summed E-state index contributed by atoms with van der Waals surface area (Å²) in [4.78, 5) is 6.99. The van der Waals surface area contributed by atoms with Gasteiger partial charge in [0.1, 0.15) is 5.82 Å². The molecule has 3 nitrogen and oxygen atoms in total. The molecule has 19 heavy (non-hydrogen) atoms. The first-order valence-corrected chi connectivity index (χ1v) is 7.66. The van der Waals surface area contributed by atoms with Crippen molar-refractivity contribution >= 4 is 11.5 Å². The van der Waals surface area contributed by atoms with Crippen LogP contribution in [0.3, 0.4) is 0 Å². The lowest BCUT2D eigenvalue weighted by Crippen LogP contribution is -2.41. The van der Waals surface area contributed by atoms with E-state index >= 15 is 0 Å². The van der Waals surface area contributed by atoms with Crippen LogP contribution in [-0.2, 0) is 0 Å². The molecule has 0 bridgehead atoms. The molecule has 1 aliphatic carbocycles. The molecule has 3 heteroatoms. The largest absolute Gasteiger partial charge is 0.397 e. The number of nitrogen functional groups attached to an aromatic ring is 1. The second-order valence-electron chi connectivity index (χ2n) is 6.46. The van der Waals surface area contributed by atoms with Gasteiger partial charge in [-0.25, -0.2) is 4.98 Å². The van der Waals surface area contributed by atoms with E-state index in [1.54, 1.807) is 6.20 Å². The summed E-state index contributed by atoms with van der Waals surface area (Å²) in [6.07, 6.45) is 11.7. The topological polar surface area (TPSA) is 42.1 Å². The van der Waals surface area contributed by atoms with Gasteiger partial charge in [0.2, 0.25) is 0 Å². The van der Waals surface area contributed by atoms with Crippen LogP contribution in [0.25, 0.3) is 0 Å². The van der Waals surface area contributed by atoms with Crippen LogP contribution in [0.4, 0.5) is 11.5 Å². The molecule has 1 saturated heterocycles. The lowest BCUT2D eigenvalue weighted by atomic mass is 9.68. The molecule has 1 aromatic heterocycles. The van der Waals surface area contributed by atoms with Crippen LogP contribution in [-0.4, -0.2) is 18.1 Å². The van der Waals surface area contributed by atoms with Gasteiger partial charge in [0.05, 0.1) is 11.9 Å². The number of aromatic nitrogens is 1. The predicted molar refractivity (Wildman–Crippen MR) is 80.4 cm³/mol. The Bertz CT molecular complexity index is 439. The standard InChI is InChI=1S/C16H25N3/c1-13-11-14(17)12-18-15(13)19-9-7-16(8-10-19)5-3-2-4-6-16/h11-12H,2-10,17H2,1H3. The Morgan fingerprint density at radius 3 is 2.42 bits per heavy atom. The van der Waals surface area contributed by atoms with E-state index in [-0.39, 0.29) is 0 Å². The highest BCUT2D eigenvalue weighted by Gasteiger charge is 2.35. The zero-order chi connectivity index (χ0) is 13.3. The third-order valence-corrected chi connectivity index (χ3v) is 5.11. The summed E-state index contributed by atoms with van der Waals surface area (Å²) in [6.45, 7) is 4.44. The molecule has 0 radical (unpaired) electrons. The first-order valence-electron chi connectivity index (χ1n) is 7.66. The third kappa shape index (κ3) is 2.56. The molecule has 2 N–H and O–H groups in total. The Labute approximate surface area is 116 Å². The lowest BCUT2D eigenvalue weighted by Gasteiger charge is -2.45. The van der Waals surface area contributed by atoms with Crippen molar-refractivity contribution < 1.29 is 0 Å². The van der Waals surface area contributed by atoms with Gasteiger partial charge in [-0.15, -0.1) is 0 Å². The highest BCUT2D eigenvalue weighted by atomic mass is 15.2. The average molecular weight is 259 g/mol. The highest BCUT2D eigenvalue weighted by molar-refractivity contribution is 5.52. The van der Waals surface area contributed by atoms with Gasteiger partial charge in [-0.1, -0.05) is 19.3 Å². The molecular formula is C16H25N3. The Hall–Kier alpha value is -1.25. The van der Waals surface area contributed by atoms with Crippen LogP contribution in [0, 0.1) is 12.3 Å². The fourth-order valence-electron chi connectivity index (χ4n) is 3.92. The van der Waals surface area contributed by atoms with Gasteiger partial charge in [0, 0.05) is 13.1 Å². The van der Waals surface area contributed by atoms with Crippen molar-refractivity contribution in [3.63, 3.8) is 0 Å². The molecule has 104 valence electrons. The Morgan fingerprint density at radius 1 is 1.11 bits per heavy atom. The van der Waals surface area contributed by atoms with Crippen molar-refractivity contribution in [1.29, 1.82) is 0 Å². The minimum atomic E-state index is 0.663. The molecule has 1 aliphatic heterocycles. The first-order chi connectivity index (χ1) is 9.19. The molecule has 2 aliphatic rings. The molecule has 1 saturated carbocycles. The highest BCUT2D eigenvalue weighted by Crippen LogP contribution is 2.45. The fraction of sp³-hybridized carbons (Fsp3) is 0.688. The van der Waals surface area contributed by atoms with E-state index in [4.69, 9.17) is 5.73 Å². The van der Waals surface area contributed by atoms with Gasteiger partial charge >= 0.3 is 0 Å². The van der Waals surface area contributed by atoms with Gasteiger partial charge < -0.3 is 10.6 Å². The minimum Gasteiger partial charge on any atom is -0.397 e. The monoisotopic (exact) mass is 259 g/mol. The summed E-state index contributed by atoms with van der Waals surface area (Å²) >= 11 is 0. The number of pyridine rings is 1. The van der Waals surface area contributed by atoms with Crippen molar-refractivity contribution in [3.05, 3.63) is 17.8 Å². The van der Waals surface area contributed by atoms with Gasteiger partial charge in [0.25, 0.3) is 0 Å². The van der Waals surface area contributed by atoms with Crippen molar-refractivity contribution in [2.45, 2.75) is 51.9 Å². The Balaban J connectivity index is 1.69.